The van der Waals surface area contributed by atoms with Gasteiger partial charge in [0.15, 0.2) is 11.6 Å². The van der Waals surface area contributed by atoms with Crippen molar-refractivity contribution in [2.75, 3.05) is 25.1 Å². The summed E-state index contributed by atoms with van der Waals surface area (Å²) in [5, 5.41) is 9.21. The van der Waals surface area contributed by atoms with E-state index in [-0.39, 0.29) is 17.1 Å². The number of amides is 2. The summed E-state index contributed by atoms with van der Waals surface area (Å²) in [5.74, 6) is -6.85. The van der Waals surface area contributed by atoms with Crippen molar-refractivity contribution in [2.24, 2.45) is 0 Å². The Balaban J connectivity index is 2.20. The van der Waals surface area contributed by atoms with Gasteiger partial charge in [0.1, 0.15) is 24.6 Å². The molecule has 0 unspecified atom stereocenters. The molecule has 13 heteroatoms. The second-order valence-corrected chi connectivity index (χ2v) is 7.36. The van der Waals surface area contributed by atoms with E-state index in [4.69, 9.17) is 4.74 Å². The Morgan fingerprint density at radius 3 is 2.37 bits per heavy atom. The zero-order valence-electron chi connectivity index (χ0n) is 18.1. The monoisotopic (exact) mass is 498 g/mol. The van der Waals surface area contributed by atoms with Crippen molar-refractivity contribution in [3.8, 4) is 5.75 Å². The second-order valence-electron chi connectivity index (χ2n) is 7.36. The van der Waals surface area contributed by atoms with Crippen molar-refractivity contribution in [1.29, 1.82) is 0 Å². The summed E-state index contributed by atoms with van der Waals surface area (Å²) in [6.45, 7) is -2.91. The van der Waals surface area contributed by atoms with E-state index in [0.29, 0.717) is 10.5 Å². The third kappa shape index (κ3) is 5.50. The van der Waals surface area contributed by atoms with E-state index in [2.05, 4.69) is 4.74 Å². The van der Waals surface area contributed by atoms with Crippen molar-refractivity contribution in [1.82, 2.24) is 4.90 Å². The minimum absolute atomic E-state index is 0.202. The quantitative estimate of drug-likeness (QED) is 0.481. The highest BCUT2D eigenvalue weighted by atomic mass is 19.4. The van der Waals surface area contributed by atoms with Crippen LogP contribution in [0.25, 0.3) is 0 Å². The third-order valence-corrected chi connectivity index (χ3v) is 5.07. The fourth-order valence-corrected chi connectivity index (χ4v) is 3.40. The minimum Gasteiger partial charge on any atom is -0.487 e. The molecule has 1 heterocycles. The van der Waals surface area contributed by atoms with Crippen LogP contribution >= 0.6 is 0 Å². The lowest BCUT2D eigenvalue weighted by Gasteiger charge is -2.30. The molecule has 0 bridgehead atoms. The Bertz CT molecular complexity index is 1170. The molecule has 0 fully saturated rings. The molecule has 9 nitrogen and oxygen atoms in total. The number of hydrogen-bond acceptors (Lipinski definition) is 6. The Morgan fingerprint density at radius 1 is 1.14 bits per heavy atom. The number of alkyl halides is 3. The number of methoxy groups -OCH3 is 1. The largest absolute Gasteiger partial charge is 0.487 e. The van der Waals surface area contributed by atoms with E-state index in [1.165, 1.54) is 0 Å². The van der Waals surface area contributed by atoms with Crippen molar-refractivity contribution in [2.45, 2.75) is 19.3 Å². The molecular weight excluding hydrogens is 480 g/mol. The van der Waals surface area contributed by atoms with E-state index >= 15 is 4.39 Å². The number of halogens is 4. The standard InChI is InChI=1S/C22H18F4N2O7/c1-34-17(30)10-28(20(31)22(24,25)26)19-16(35-11-12-5-3-2-4-6-12)7-13-14(18(19)23)8-27(21(32)33)9-15(13)29/h2-7H,8-11H2,1H3,(H,32,33). The van der Waals surface area contributed by atoms with Crippen molar-refractivity contribution in [3.63, 3.8) is 0 Å². The summed E-state index contributed by atoms with van der Waals surface area (Å²) in [6, 6.07) is 9.14. The van der Waals surface area contributed by atoms with Gasteiger partial charge in [0.05, 0.1) is 20.2 Å². The van der Waals surface area contributed by atoms with Crippen LogP contribution in [0.4, 0.5) is 28.0 Å². The summed E-state index contributed by atoms with van der Waals surface area (Å²) < 4.78 is 65.7. The van der Waals surface area contributed by atoms with Crippen molar-refractivity contribution in [3.05, 3.63) is 58.9 Å². The molecule has 3 rings (SSSR count). The number of ketones is 1. The molecule has 2 amide bonds. The smallest absolute Gasteiger partial charge is 0.471 e. The Labute approximate surface area is 195 Å². The lowest BCUT2D eigenvalue weighted by Crippen LogP contribution is -2.45. The third-order valence-electron chi connectivity index (χ3n) is 5.07. The van der Waals surface area contributed by atoms with Gasteiger partial charge in [-0.05, 0) is 11.6 Å². The van der Waals surface area contributed by atoms with Gasteiger partial charge in [-0.25, -0.2) is 9.18 Å². The fourth-order valence-electron chi connectivity index (χ4n) is 3.40. The molecule has 1 N–H and O–H groups in total. The highest BCUT2D eigenvalue weighted by Crippen LogP contribution is 2.40. The number of carboxylic acid groups (broad SMARTS) is 1. The molecule has 0 aromatic heterocycles. The summed E-state index contributed by atoms with van der Waals surface area (Å²) >= 11 is 0. The number of fused-ring (bicyclic) bond motifs is 1. The van der Waals surface area contributed by atoms with Crippen molar-refractivity contribution < 1.29 is 51.3 Å². The summed E-state index contributed by atoms with van der Waals surface area (Å²) in [7, 11) is 0.859. The number of esters is 1. The molecule has 35 heavy (non-hydrogen) atoms. The van der Waals surface area contributed by atoms with Gasteiger partial charge in [0.25, 0.3) is 0 Å². The zero-order chi connectivity index (χ0) is 25.9. The molecule has 0 saturated carbocycles. The van der Waals surface area contributed by atoms with E-state index in [1.54, 1.807) is 30.3 Å². The number of hydrogen-bond donors (Lipinski definition) is 1. The topological polar surface area (TPSA) is 113 Å². The van der Waals surface area contributed by atoms with Crippen molar-refractivity contribution >= 4 is 29.4 Å². The first-order valence-corrected chi connectivity index (χ1v) is 9.92. The molecule has 2 aromatic rings. The number of carbonyl (C=O) groups is 4. The van der Waals surface area contributed by atoms with Crippen LogP contribution < -0.4 is 9.64 Å². The van der Waals surface area contributed by atoms with Crippen LogP contribution in [-0.2, 0) is 27.5 Å². The molecule has 1 aliphatic heterocycles. The first kappa shape index (κ1) is 25.5. The van der Waals surface area contributed by atoms with Gasteiger partial charge < -0.3 is 14.6 Å². The molecule has 0 atom stereocenters. The molecule has 186 valence electrons. The second kappa shape index (κ2) is 9.99. The molecule has 0 radical (unpaired) electrons. The maximum atomic E-state index is 15.7. The Morgan fingerprint density at radius 2 is 1.80 bits per heavy atom. The first-order chi connectivity index (χ1) is 16.4. The average molecular weight is 498 g/mol. The minimum atomic E-state index is -5.52. The van der Waals surface area contributed by atoms with Gasteiger partial charge in [-0.3, -0.25) is 24.2 Å². The number of nitrogens with zero attached hydrogens (tertiary/aromatic N) is 2. The van der Waals surface area contributed by atoms with E-state index in [0.717, 1.165) is 13.2 Å². The number of carbonyl (C=O) groups excluding carboxylic acids is 3. The fraction of sp³-hybridized carbons (Fsp3) is 0.273. The number of Topliss-reactive ketones (excluding diaryl/α,β-unsaturated/α-hetero) is 1. The predicted octanol–water partition coefficient (Wildman–Crippen LogP) is 3.15. The SMILES string of the molecule is COC(=O)CN(C(=O)C(F)(F)F)c1c(OCc2ccccc2)cc2c(c1F)CN(C(=O)O)CC2=O. The van der Waals surface area contributed by atoms with Gasteiger partial charge in [-0.15, -0.1) is 0 Å². The molecule has 0 aliphatic carbocycles. The lowest BCUT2D eigenvalue weighted by atomic mass is 9.96. The van der Waals surface area contributed by atoms with E-state index in [1.807, 2.05) is 0 Å². The number of anilines is 1. The number of rotatable bonds is 6. The van der Waals surface area contributed by atoms with Gasteiger partial charge >= 0.3 is 24.1 Å². The Hall–Kier alpha value is -4.16. The van der Waals surface area contributed by atoms with Crippen LogP contribution in [0.15, 0.2) is 36.4 Å². The van der Waals surface area contributed by atoms with Gasteiger partial charge in [0.2, 0.25) is 0 Å². The predicted molar refractivity (Wildman–Crippen MR) is 110 cm³/mol. The van der Waals surface area contributed by atoms with Crippen LogP contribution in [0.3, 0.4) is 0 Å². The number of benzene rings is 2. The molecule has 2 aromatic carbocycles. The lowest BCUT2D eigenvalue weighted by molar-refractivity contribution is -0.171. The maximum absolute atomic E-state index is 15.7. The summed E-state index contributed by atoms with van der Waals surface area (Å²) in [5.41, 5.74) is -1.42. The highest BCUT2D eigenvalue weighted by Gasteiger charge is 2.46. The first-order valence-electron chi connectivity index (χ1n) is 9.92. The Kier molecular flexibility index (Phi) is 7.27. The van der Waals surface area contributed by atoms with Gasteiger partial charge in [0, 0.05) is 11.1 Å². The number of ether oxygens (including phenoxy) is 2. The van der Waals surface area contributed by atoms with Gasteiger partial charge in [-0.1, -0.05) is 30.3 Å². The van der Waals surface area contributed by atoms with Crippen LogP contribution in [0.2, 0.25) is 0 Å². The van der Waals surface area contributed by atoms with Crippen LogP contribution in [0.1, 0.15) is 21.5 Å². The normalized spacial score (nSPS) is 13.2. The van der Waals surface area contributed by atoms with E-state index < -0.39 is 72.4 Å². The van der Waals surface area contributed by atoms with Crippen LogP contribution in [0, 0.1) is 5.82 Å². The zero-order valence-corrected chi connectivity index (χ0v) is 18.1. The van der Waals surface area contributed by atoms with Crippen LogP contribution in [-0.4, -0.2) is 60.1 Å². The maximum Gasteiger partial charge on any atom is 0.471 e. The van der Waals surface area contributed by atoms with Crippen LogP contribution in [0.5, 0.6) is 5.75 Å². The van der Waals surface area contributed by atoms with Gasteiger partial charge in [-0.2, -0.15) is 13.2 Å². The molecule has 1 aliphatic rings. The molecular formula is C22H18F4N2O7. The average Bonchev–Trinajstić information content (AvgIpc) is 2.81. The molecule has 0 saturated heterocycles. The summed E-state index contributed by atoms with van der Waals surface area (Å²) in [4.78, 5) is 48.2. The summed E-state index contributed by atoms with van der Waals surface area (Å²) in [6.07, 6.45) is -7.08. The molecule has 0 spiro atoms. The highest BCUT2D eigenvalue weighted by molar-refractivity contribution is 6.05. The van der Waals surface area contributed by atoms with E-state index in [9.17, 15) is 37.5 Å².